The molecular weight excluding hydrogens is 350 g/mol. The van der Waals surface area contributed by atoms with Crippen LogP contribution in [0.3, 0.4) is 0 Å². The second-order valence-corrected chi connectivity index (χ2v) is 7.26. The molecule has 140 valence electrons. The molecule has 0 amide bonds. The molecule has 2 atom stereocenters. The molecule has 1 N–H and O–H groups in total. The Morgan fingerprint density at radius 2 is 2.04 bits per heavy atom. The lowest BCUT2D eigenvalue weighted by Crippen LogP contribution is -2.42. The Morgan fingerprint density at radius 1 is 1.31 bits per heavy atom. The summed E-state index contributed by atoms with van der Waals surface area (Å²) in [6, 6.07) is 10.3. The molecule has 1 aromatic carbocycles. The van der Waals surface area contributed by atoms with Crippen molar-refractivity contribution in [2.24, 2.45) is 5.92 Å². The van der Waals surface area contributed by atoms with E-state index in [1.54, 1.807) is 0 Å². The van der Waals surface area contributed by atoms with Gasteiger partial charge in [-0.2, -0.15) is 5.10 Å². The molecule has 2 aromatic rings. The maximum Gasteiger partial charge on any atom is 0.310 e. The van der Waals surface area contributed by atoms with Crippen molar-refractivity contribution < 1.29 is 9.53 Å². The molecular formula is C20H26ClN3O2. The number of nitrogens with zero attached hydrogens (tertiary/aromatic N) is 2. The van der Waals surface area contributed by atoms with Crippen molar-refractivity contribution in [1.82, 2.24) is 15.1 Å². The van der Waals surface area contributed by atoms with Gasteiger partial charge in [-0.25, -0.2) is 4.68 Å². The number of rotatable bonds is 6. The van der Waals surface area contributed by atoms with Crippen LogP contribution in [0.1, 0.15) is 42.5 Å². The summed E-state index contributed by atoms with van der Waals surface area (Å²) in [7, 11) is 1.46. The van der Waals surface area contributed by atoms with Crippen molar-refractivity contribution in [1.29, 1.82) is 0 Å². The number of hydrogen-bond donors (Lipinski definition) is 1. The third kappa shape index (κ3) is 4.27. The lowest BCUT2D eigenvalue weighted by Gasteiger charge is -2.30. The molecule has 0 radical (unpaired) electrons. The third-order valence-corrected chi connectivity index (χ3v) is 5.59. The van der Waals surface area contributed by atoms with Gasteiger partial charge in [0.1, 0.15) is 5.15 Å². The summed E-state index contributed by atoms with van der Waals surface area (Å²) in [6.45, 7) is 3.23. The first kappa shape index (κ1) is 18.9. The van der Waals surface area contributed by atoms with Crippen LogP contribution in [0, 0.1) is 12.8 Å². The summed E-state index contributed by atoms with van der Waals surface area (Å²) in [5.41, 5.74) is 3.08. The molecule has 0 aliphatic heterocycles. The van der Waals surface area contributed by atoms with Gasteiger partial charge in [0, 0.05) is 18.2 Å². The van der Waals surface area contributed by atoms with E-state index >= 15 is 0 Å². The second-order valence-electron chi connectivity index (χ2n) is 6.90. The van der Waals surface area contributed by atoms with Crippen LogP contribution in [-0.2, 0) is 22.6 Å². The largest absolute Gasteiger partial charge is 0.469 e. The van der Waals surface area contributed by atoms with Gasteiger partial charge >= 0.3 is 5.97 Å². The zero-order valence-electron chi connectivity index (χ0n) is 15.4. The zero-order valence-corrected chi connectivity index (χ0v) is 16.1. The number of hydrogen-bond acceptors (Lipinski definition) is 4. The maximum atomic E-state index is 12.0. The highest BCUT2D eigenvalue weighted by atomic mass is 35.5. The number of carbonyl (C=O) groups excluding carboxylic acids is 1. The van der Waals surface area contributed by atoms with Gasteiger partial charge in [-0.15, -0.1) is 0 Å². The van der Waals surface area contributed by atoms with Gasteiger partial charge in [-0.3, -0.25) is 4.79 Å². The Bertz CT molecular complexity index is 745. The van der Waals surface area contributed by atoms with Gasteiger partial charge in [0.25, 0.3) is 0 Å². The molecule has 1 saturated carbocycles. The number of esters is 1. The number of ether oxygens (including phenoxy) is 1. The number of methoxy groups -OCH3 is 1. The number of aryl methyl sites for hydroxylation is 1. The quantitative estimate of drug-likeness (QED) is 0.782. The van der Waals surface area contributed by atoms with Crippen molar-refractivity contribution in [2.45, 2.75) is 51.7 Å². The van der Waals surface area contributed by atoms with E-state index in [0.717, 1.165) is 42.5 Å². The lowest BCUT2D eigenvalue weighted by molar-refractivity contribution is -0.147. The SMILES string of the molecule is COC(=O)[C@H]1CCCC[C@H]1NCc1c(C)nn(Cc2ccccc2)c1Cl. The summed E-state index contributed by atoms with van der Waals surface area (Å²) >= 11 is 6.59. The standard InChI is InChI=1S/C20H26ClN3O2/c1-14-17(12-22-18-11-7-6-10-16(18)20(25)26-2)19(21)24(23-14)13-15-8-4-3-5-9-15/h3-5,8-9,16,18,22H,6-7,10-13H2,1-2H3/t16-,18+/m0/s1. The highest BCUT2D eigenvalue weighted by Gasteiger charge is 2.31. The first-order valence-corrected chi connectivity index (χ1v) is 9.55. The molecule has 6 heteroatoms. The van der Waals surface area contributed by atoms with Crippen molar-refractivity contribution in [3.8, 4) is 0 Å². The number of aromatic nitrogens is 2. The molecule has 26 heavy (non-hydrogen) atoms. The zero-order chi connectivity index (χ0) is 18.5. The lowest BCUT2D eigenvalue weighted by atomic mass is 9.84. The van der Waals surface area contributed by atoms with Gasteiger partial charge in [0.05, 0.1) is 25.3 Å². The second kappa shape index (κ2) is 8.69. The van der Waals surface area contributed by atoms with Crippen molar-refractivity contribution in [3.05, 3.63) is 52.3 Å². The summed E-state index contributed by atoms with van der Waals surface area (Å²) in [4.78, 5) is 12.0. The van der Waals surface area contributed by atoms with E-state index in [-0.39, 0.29) is 17.9 Å². The molecule has 5 nitrogen and oxygen atoms in total. The Balaban J connectivity index is 1.69. The molecule has 0 unspecified atom stereocenters. The number of nitrogens with one attached hydrogen (secondary N) is 1. The average molecular weight is 376 g/mol. The number of benzene rings is 1. The van der Waals surface area contributed by atoms with E-state index < -0.39 is 0 Å². The smallest absolute Gasteiger partial charge is 0.310 e. The van der Waals surface area contributed by atoms with Gasteiger partial charge in [0.15, 0.2) is 0 Å². The fourth-order valence-corrected chi connectivity index (χ4v) is 4.00. The number of carbonyl (C=O) groups is 1. The summed E-state index contributed by atoms with van der Waals surface area (Å²) in [5, 5.41) is 8.77. The maximum absolute atomic E-state index is 12.0. The fraction of sp³-hybridized carbons (Fsp3) is 0.500. The highest BCUT2D eigenvalue weighted by molar-refractivity contribution is 6.30. The third-order valence-electron chi connectivity index (χ3n) is 5.17. The minimum atomic E-state index is -0.121. The van der Waals surface area contributed by atoms with Crippen LogP contribution in [0.2, 0.25) is 5.15 Å². The van der Waals surface area contributed by atoms with Crippen LogP contribution >= 0.6 is 11.6 Å². The highest BCUT2D eigenvalue weighted by Crippen LogP contribution is 2.27. The Morgan fingerprint density at radius 3 is 2.77 bits per heavy atom. The molecule has 1 aliphatic carbocycles. The molecule has 3 rings (SSSR count). The van der Waals surface area contributed by atoms with Crippen LogP contribution in [-0.4, -0.2) is 28.9 Å². The fourth-order valence-electron chi connectivity index (χ4n) is 3.69. The molecule has 0 bridgehead atoms. The molecule has 1 fully saturated rings. The number of halogens is 1. The molecule has 0 spiro atoms. The Labute approximate surface area is 159 Å². The van der Waals surface area contributed by atoms with Gasteiger partial charge < -0.3 is 10.1 Å². The first-order valence-electron chi connectivity index (χ1n) is 9.17. The first-order chi connectivity index (χ1) is 12.6. The molecule has 1 aromatic heterocycles. The minimum Gasteiger partial charge on any atom is -0.469 e. The Kier molecular flexibility index (Phi) is 6.33. The normalized spacial score (nSPS) is 20.1. The van der Waals surface area contributed by atoms with E-state index in [4.69, 9.17) is 16.3 Å². The topological polar surface area (TPSA) is 56.1 Å². The summed E-state index contributed by atoms with van der Waals surface area (Å²) in [6.07, 6.45) is 4.07. The van der Waals surface area contributed by atoms with Crippen molar-refractivity contribution in [2.75, 3.05) is 7.11 Å². The van der Waals surface area contributed by atoms with E-state index in [1.807, 2.05) is 29.8 Å². The van der Waals surface area contributed by atoms with Gasteiger partial charge in [0.2, 0.25) is 0 Å². The molecule has 1 aliphatic rings. The van der Waals surface area contributed by atoms with Gasteiger partial charge in [-0.05, 0) is 25.3 Å². The Hall–Kier alpha value is -1.85. The molecule has 0 saturated heterocycles. The van der Waals surface area contributed by atoms with Crippen LogP contribution in [0.25, 0.3) is 0 Å². The molecule has 1 heterocycles. The van der Waals surface area contributed by atoms with Crippen molar-refractivity contribution >= 4 is 17.6 Å². The van der Waals surface area contributed by atoms with Crippen LogP contribution < -0.4 is 5.32 Å². The average Bonchev–Trinajstić information content (AvgIpc) is 2.93. The van der Waals surface area contributed by atoms with E-state index in [9.17, 15) is 4.79 Å². The van der Waals surface area contributed by atoms with E-state index in [0.29, 0.717) is 18.2 Å². The van der Waals surface area contributed by atoms with Crippen LogP contribution in [0.4, 0.5) is 0 Å². The monoisotopic (exact) mass is 375 g/mol. The van der Waals surface area contributed by atoms with Gasteiger partial charge in [-0.1, -0.05) is 54.8 Å². The van der Waals surface area contributed by atoms with Crippen LogP contribution in [0.5, 0.6) is 0 Å². The van der Waals surface area contributed by atoms with Crippen molar-refractivity contribution in [3.63, 3.8) is 0 Å². The minimum absolute atomic E-state index is 0.0767. The predicted octanol–water partition coefficient (Wildman–Crippen LogP) is 3.71. The van der Waals surface area contributed by atoms with Crippen LogP contribution in [0.15, 0.2) is 30.3 Å². The summed E-state index contributed by atoms with van der Waals surface area (Å²) < 4.78 is 6.80. The van der Waals surface area contributed by atoms with E-state index in [2.05, 4.69) is 22.5 Å². The predicted molar refractivity (Wildman–Crippen MR) is 102 cm³/mol. The summed E-state index contributed by atoms with van der Waals surface area (Å²) in [5.74, 6) is -0.197. The van der Waals surface area contributed by atoms with E-state index in [1.165, 1.54) is 7.11 Å².